The van der Waals surface area contributed by atoms with Crippen LogP contribution in [0.2, 0.25) is 0 Å². The summed E-state index contributed by atoms with van der Waals surface area (Å²) >= 11 is 0. The lowest BCUT2D eigenvalue weighted by molar-refractivity contribution is -0.141. The first-order valence-electron chi connectivity index (χ1n) is 2.38. The number of hydrogen-bond acceptors (Lipinski definition) is 1. The van der Waals surface area contributed by atoms with Crippen molar-refractivity contribution < 1.29 is 13.2 Å². The van der Waals surface area contributed by atoms with Crippen molar-refractivity contribution in [1.29, 1.82) is 0 Å². The average molecular weight is 168 g/mol. The van der Waals surface area contributed by atoms with Gasteiger partial charge in [-0.2, -0.15) is 18.3 Å². The summed E-state index contributed by atoms with van der Waals surface area (Å²) in [6, 6.07) is 0.921. The zero-order valence-corrected chi connectivity index (χ0v) is 5.89. The first-order chi connectivity index (χ1) is 4.50. The number of aromatic nitrogens is 2. The molecule has 0 aliphatic carbocycles. The maximum absolute atomic E-state index is 11.7. The van der Waals surface area contributed by atoms with Gasteiger partial charge in [-0.1, -0.05) is 9.24 Å². The van der Waals surface area contributed by atoms with Crippen LogP contribution in [0.3, 0.4) is 0 Å². The molecular weight excluding hydrogens is 164 g/mol. The molecular formula is C4H4F3N2P. The van der Waals surface area contributed by atoms with Gasteiger partial charge in [-0.15, -0.1) is 0 Å². The standard InChI is InChI=1S/C4H4F3N2P/c5-4(6,7)2-1-3(10)9-8-2/h1H,10H2,(H,8,9). The highest BCUT2D eigenvalue weighted by Crippen LogP contribution is 2.26. The van der Waals surface area contributed by atoms with Crippen molar-refractivity contribution in [3.63, 3.8) is 0 Å². The Labute approximate surface area is 57.0 Å². The summed E-state index contributed by atoms with van der Waals surface area (Å²) in [5, 5.41) is 5.15. The summed E-state index contributed by atoms with van der Waals surface area (Å²) in [6.45, 7) is 0. The molecule has 0 radical (unpaired) electrons. The summed E-state index contributed by atoms with van der Waals surface area (Å²) in [4.78, 5) is 0. The van der Waals surface area contributed by atoms with E-state index in [0.717, 1.165) is 6.07 Å². The molecule has 0 bridgehead atoms. The molecule has 0 aromatic carbocycles. The van der Waals surface area contributed by atoms with E-state index >= 15 is 0 Å². The molecule has 0 aliphatic rings. The fourth-order valence-electron chi connectivity index (χ4n) is 0.482. The van der Waals surface area contributed by atoms with Gasteiger partial charge in [0.25, 0.3) is 0 Å². The molecule has 10 heavy (non-hydrogen) atoms. The summed E-state index contributed by atoms with van der Waals surface area (Å²) in [5.74, 6) is 0. The lowest BCUT2D eigenvalue weighted by atomic mass is 10.4. The van der Waals surface area contributed by atoms with Gasteiger partial charge in [0.1, 0.15) is 5.69 Å². The summed E-state index contributed by atoms with van der Waals surface area (Å²) < 4.78 is 35.2. The van der Waals surface area contributed by atoms with Gasteiger partial charge in [0.2, 0.25) is 0 Å². The molecule has 6 heteroatoms. The van der Waals surface area contributed by atoms with Crippen LogP contribution in [0.25, 0.3) is 0 Å². The maximum Gasteiger partial charge on any atom is 0.432 e. The van der Waals surface area contributed by atoms with Crippen LogP contribution in [-0.4, -0.2) is 10.2 Å². The second-order valence-electron chi connectivity index (χ2n) is 1.70. The summed E-state index contributed by atoms with van der Waals surface area (Å²) in [6.07, 6.45) is -4.32. The SMILES string of the molecule is FC(F)(F)c1cc(P)n[nH]1. The smallest absolute Gasteiger partial charge is 0.273 e. The highest BCUT2D eigenvalue weighted by atomic mass is 31.0. The van der Waals surface area contributed by atoms with Crippen LogP contribution in [0.4, 0.5) is 13.2 Å². The second kappa shape index (κ2) is 2.23. The number of halogens is 3. The Balaban J connectivity index is 2.96. The van der Waals surface area contributed by atoms with Crippen LogP contribution < -0.4 is 5.44 Å². The normalized spacial score (nSPS) is 12.0. The van der Waals surface area contributed by atoms with E-state index in [0.29, 0.717) is 0 Å². The Morgan fingerprint density at radius 2 is 2.10 bits per heavy atom. The topological polar surface area (TPSA) is 28.7 Å². The van der Waals surface area contributed by atoms with Crippen LogP contribution in [0, 0.1) is 0 Å². The van der Waals surface area contributed by atoms with Crippen molar-refractivity contribution in [1.82, 2.24) is 10.2 Å². The molecule has 1 unspecified atom stereocenters. The van der Waals surface area contributed by atoms with Gasteiger partial charge in [0, 0.05) is 0 Å². The lowest BCUT2D eigenvalue weighted by Crippen LogP contribution is -2.04. The molecule has 0 saturated heterocycles. The Kier molecular flexibility index (Phi) is 1.68. The largest absolute Gasteiger partial charge is 0.432 e. The molecule has 0 fully saturated rings. The van der Waals surface area contributed by atoms with Crippen molar-refractivity contribution >= 4 is 14.7 Å². The Morgan fingerprint density at radius 3 is 2.30 bits per heavy atom. The van der Waals surface area contributed by atoms with Crippen LogP contribution in [-0.2, 0) is 6.18 Å². The fourth-order valence-corrected chi connectivity index (χ4v) is 0.714. The Morgan fingerprint density at radius 1 is 1.50 bits per heavy atom. The molecule has 0 saturated carbocycles. The number of rotatable bonds is 0. The number of hydrogen-bond donors (Lipinski definition) is 1. The molecule has 1 aromatic heterocycles. The van der Waals surface area contributed by atoms with E-state index in [1.807, 2.05) is 5.10 Å². The molecule has 56 valence electrons. The lowest BCUT2D eigenvalue weighted by Gasteiger charge is -1.99. The fraction of sp³-hybridized carbons (Fsp3) is 0.250. The Bertz CT molecular complexity index is 229. The van der Waals surface area contributed by atoms with Gasteiger partial charge in [-0.3, -0.25) is 5.10 Å². The number of aromatic amines is 1. The van der Waals surface area contributed by atoms with E-state index in [1.54, 1.807) is 0 Å². The zero-order chi connectivity index (χ0) is 7.78. The van der Waals surface area contributed by atoms with E-state index in [9.17, 15) is 13.2 Å². The highest BCUT2D eigenvalue weighted by Gasteiger charge is 2.32. The van der Waals surface area contributed by atoms with E-state index in [1.165, 1.54) is 0 Å². The first-order valence-corrected chi connectivity index (χ1v) is 2.96. The van der Waals surface area contributed by atoms with Crippen molar-refractivity contribution in [2.75, 3.05) is 0 Å². The molecule has 1 atom stereocenters. The molecule has 2 nitrogen and oxygen atoms in total. The van der Waals surface area contributed by atoms with E-state index in [4.69, 9.17) is 0 Å². The summed E-state index contributed by atoms with van der Waals surface area (Å²) in [5.41, 5.74) is -0.565. The number of alkyl halides is 3. The number of nitrogens with zero attached hydrogens (tertiary/aromatic N) is 1. The van der Waals surface area contributed by atoms with Crippen LogP contribution in [0.5, 0.6) is 0 Å². The maximum atomic E-state index is 11.7. The zero-order valence-electron chi connectivity index (χ0n) is 4.74. The third-order valence-electron chi connectivity index (χ3n) is 0.903. The quantitative estimate of drug-likeness (QED) is 0.573. The molecule has 0 aliphatic heterocycles. The predicted molar refractivity (Wildman–Crippen MR) is 32.9 cm³/mol. The monoisotopic (exact) mass is 168 g/mol. The predicted octanol–water partition coefficient (Wildman–Crippen LogP) is 0.929. The second-order valence-corrected chi connectivity index (χ2v) is 2.30. The third kappa shape index (κ3) is 1.48. The molecule has 1 heterocycles. The molecule has 1 aromatic rings. The van der Waals surface area contributed by atoms with E-state index in [2.05, 4.69) is 14.3 Å². The van der Waals surface area contributed by atoms with Crippen molar-refractivity contribution in [2.24, 2.45) is 0 Å². The van der Waals surface area contributed by atoms with Gasteiger partial charge >= 0.3 is 6.18 Å². The minimum Gasteiger partial charge on any atom is -0.273 e. The minimum absolute atomic E-state index is 0.257. The van der Waals surface area contributed by atoms with Crippen molar-refractivity contribution in [3.8, 4) is 0 Å². The average Bonchev–Trinajstić information content (AvgIpc) is 2.11. The van der Waals surface area contributed by atoms with Gasteiger partial charge in [0.15, 0.2) is 0 Å². The first kappa shape index (κ1) is 7.54. The summed E-state index contributed by atoms with van der Waals surface area (Å²) in [7, 11) is 2.07. The van der Waals surface area contributed by atoms with E-state index < -0.39 is 11.9 Å². The van der Waals surface area contributed by atoms with Gasteiger partial charge in [-0.05, 0) is 6.07 Å². The van der Waals surface area contributed by atoms with Gasteiger partial charge < -0.3 is 0 Å². The minimum atomic E-state index is -4.32. The highest BCUT2D eigenvalue weighted by molar-refractivity contribution is 7.26. The van der Waals surface area contributed by atoms with Crippen molar-refractivity contribution in [2.45, 2.75) is 6.18 Å². The molecule has 0 spiro atoms. The van der Waals surface area contributed by atoms with Crippen LogP contribution in [0.15, 0.2) is 6.07 Å². The van der Waals surface area contributed by atoms with Crippen LogP contribution >= 0.6 is 9.24 Å². The molecule has 0 amide bonds. The Hall–Kier alpha value is -0.570. The molecule has 1 rings (SSSR count). The van der Waals surface area contributed by atoms with Gasteiger partial charge in [-0.25, -0.2) is 0 Å². The number of nitrogens with one attached hydrogen (secondary N) is 1. The van der Waals surface area contributed by atoms with E-state index in [-0.39, 0.29) is 5.44 Å². The number of H-pyrrole nitrogens is 1. The molecule has 1 N–H and O–H groups in total. The third-order valence-corrected chi connectivity index (χ3v) is 1.20. The van der Waals surface area contributed by atoms with Crippen LogP contribution in [0.1, 0.15) is 5.69 Å². The van der Waals surface area contributed by atoms with Gasteiger partial charge in [0.05, 0.1) is 5.44 Å². The van der Waals surface area contributed by atoms with Crippen molar-refractivity contribution in [3.05, 3.63) is 11.8 Å².